The van der Waals surface area contributed by atoms with Gasteiger partial charge in [0, 0.05) is 6.04 Å². The lowest BCUT2D eigenvalue weighted by molar-refractivity contribution is 0.581. The fraction of sp³-hybridized carbons (Fsp3) is 0.538. The van der Waals surface area contributed by atoms with Crippen molar-refractivity contribution in [3.63, 3.8) is 0 Å². The lowest BCUT2D eigenvalue weighted by atomic mass is 9.85. The molecule has 0 saturated heterocycles. The summed E-state index contributed by atoms with van der Waals surface area (Å²) in [5, 5.41) is 0. The summed E-state index contributed by atoms with van der Waals surface area (Å²) < 4.78 is 0. The van der Waals surface area contributed by atoms with Crippen LogP contribution in [0.25, 0.3) is 0 Å². The third kappa shape index (κ3) is 2.80. The van der Waals surface area contributed by atoms with Crippen molar-refractivity contribution in [1.29, 1.82) is 0 Å². The second kappa shape index (κ2) is 4.33. The Hall–Kier alpha value is -0.860. The van der Waals surface area contributed by atoms with E-state index in [1.165, 1.54) is 16.7 Å². The van der Waals surface area contributed by atoms with Gasteiger partial charge in [-0.25, -0.2) is 0 Å². The van der Waals surface area contributed by atoms with Gasteiger partial charge in [-0.15, -0.1) is 0 Å². The number of hydrogen-bond acceptors (Lipinski definition) is 2. The summed E-state index contributed by atoms with van der Waals surface area (Å²) in [5.74, 6) is 5.45. The van der Waals surface area contributed by atoms with Crippen molar-refractivity contribution >= 4 is 0 Å². The zero-order valence-electron chi connectivity index (χ0n) is 10.4. The van der Waals surface area contributed by atoms with Crippen LogP contribution >= 0.6 is 0 Å². The Bertz CT molecular complexity index is 337. The minimum atomic E-state index is 0.207. The van der Waals surface area contributed by atoms with E-state index >= 15 is 0 Å². The van der Waals surface area contributed by atoms with E-state index in [4.69, 9.17) is 5.84 Å². The molecule has 84 valence electrons. The third-order valence-electron chi connectivity index (χ3n) is 2.85. The van der Waals surface area contributed by atoms with Gasteiger partial charge in [0.25, 0.3) is 0 Å². The molecule has 1 rings (SSSR count). The van der Waals surface area contributed by atoms with Crippen LogP contribution in [0.5, 0.6) is 0 Å². The van der Waals surface area contributed by atoms with Gasteiger partial charge in [0.05, 0.1) is 0 Å². The van der Waals surface area contributed by atoms with E-state index < -0.39 is 0 Å². The summed E-state index contributed by atoms with van der Waals surface area (Å²) in [6, 6.07) is 6.82. The van der Waals surface area contributed by atoms with Crippen molar-refractivity contribution in [3.8, 4) is 0 Å². The van der Waals surface area contributed by atoms with Crippen LogP contribution in [0.3, 0.4) is 0 Å². The average molecular weight is 206 g/mol. The highest BCUT2D eigenvalue weighted by Crippen LogP contribution is 2.26. The SMILES string of the molecule is Cc1cc(C(C)(C)C)ccc1C(C)NN. The van der Waals surface area contributed by atoms with Crippen LogP contribution in [0.15, 0.2) is 18.2 Å². The van der Waals surface area contributed by atoms with Crippen molar-refractivity contribution in [3.05, 3.63) is 34.9 Å². The van der Waals surface area contributed by atoms with Gasteiger partial charge in [0.15, 0.2) is 0 Å². The van der Waals surface area contributed by atoms with Crippen molar-refractivity contribution in [2.75, 3.05) is 0 Å². The number of aryl methyl sites for hydroxylation is 1. The van der Waals surface area contributed by atoms with E-state index in [9.17, 15) is 0 Å². The highest BCUT2D eigenvalue weighted by Gasteiger charge is 2.15. The molecule has 1 aromatic rings. The fourth-order valence-electron chi connectivity index (χ4n) is 1.72. The summed E-state index contributed by atoms with van der Waals surface area (Å²) in [7, 11) is 0. The van der Waals surface area contributed by atoms with Crippen LogP contribution in [0.2, 0.25) is 0 Å². The second-order valence-electron chi connectivity index (χ2n) is 5.21. The summed E-state index contributed by atoms with van der Waals surface area (Å²) in [6.45, 7) is 10.9. The minimum Gasteiger partial charge on any atom is -0.271 e. The van der Waals surface area contributed by atoms with Crippen molar-refractivity contribution < 1.29 is 0 Å². The number of benzene rings is 1. The smallest absolute Gasteiger partial charge is 0.0434 e. The summed E-state index contributed by atoms with van der Waals surface area (Å²) in [5.41, 5.74) is 6.93. The molecule has 0 saturated carbocycles. The molecule has 1 atom stereocenters. The van der Waals surface area contributed by atoms with Crippen LogP contribution in [0, 0.1) is 6.92 Å². The number of rotatable bonds is 2. The zero-order valence-corrected chi connectivity index (χ0v) is 10.4. The Kier molecular flexibility index (Phi) is 3.53. The van der Waals surface area contributed by atoms with Crippen LogP contribution in [-0.4, -0.2) is 0 Å². The molecule has 1 unspecified atom stereocenters. The van der Waals surface area contributed by atoms with Crippen LogP contribution in [0.1, 0.15) is 50.4 Å². The maximum absolute atomic E-state index is 5.45. The molecule has 0 aliphatic heterocycles. The molecule has 0 spiro atoms. The molecule has 2 nitrogen and oxygen atoms in total. The normalized spacial score (nSPS) is 14.0. The van der Waals surface area contributed by atoms with E-state index in [2.05, 4.69) is 58.2 Å². The molecule has 0 heterocycles. The fourth-order valence-corrected chi connectivity index (χ4v) is 1.72. The Balaban J connectivity index is 3.09. The molecule has 0 amide bonds. The maximum Gasteiger partial charge on any atom is 0.0434 e. The Labute approximate surface area is 92.8 Å². The monoisotopic (exact) mass is 206 g/mol. The van der Waals surface area contributed by atoms with Crippen molar-refractivity contribution in [2.24, 2.45) is 5.84 Å². The molecule has 15 heavy (non-hydrogen) atoms. The summed E-state index contributed by atoms with van der Waals surface area (Å²) >= 11 is 0. The Morgan fingerprint density at radius 2 is 1.87 bits per heavy atom. The van der Waals surface area contributed by atoms with E-state index in [0.717, 1.165) is 0 Å². The van der Waals surface area contributed by atoms with Gasteiger partial charge in [0.1, 0.15) is 0 Å². The highest BCUT2D eigenvalue weighted by atomic mass is 15.2. The molecule has 0 radical (unpaired) electrons. The van der Waals surface area contributed by atoms with Crippen molar-refractivity contribution in [1.82, 2.24) is 5.43 Å². The maximum atomic E-state index is 5.45. The first-order chi connectivity index (χ1) is 6.86. The first kappa shape index (κ1) is 12.2. The van der Waals surface area contributed by atoms with E-state index in [1.54, 1.807) is 0 Å². The zero-order chi connectivity index (χ0) is 11.6. The molecule has 0 bridgehead atoms. The minimum absolute atomic E-state index is 0.207. The van der Waals surface area contributed by atoms with Gasteiger partial charge in [-0.05, 0) is 36.0 Å². The molecule has 0 fully saturated rings. The number of hydrazine groups is 1. The van der Waals surface area contributed by atoms with E-state index in [0.29, 0.717) is 0 Å². The van der Waals surface area contributed by atoms with Gasteiger partial charge >= 0.3 is 0 Å². The predicted molar refractivity (Wildman–Crippen MR) is 65.6 cm³/mol. The number of nitrogens with two attached hydrogens (primary N) is 1. The highest BCUT2D eigenvalue weighted by molar-refractivity contribution is 5.35. The molecular weight excluding hydrogens is 184 g/mol. The van der Waals surface area contributed by atoms with Crippen LogP contribution < -0.4 is 11.3 Å². The van der Waals surface area contributed by atoms with E-state index in [1.807, 2.05) is 0 Å². The van der Waals surface area contributed by atoms with Crippen molar-refractivity contribution in [2.45, 2.75) is 46.1 Å². The summed E-state index contributed by atoms with van der Waals surface area (Å²) in [4.78, 5) is 0. The van der Waals surface area contributed by atoms with Gasteiger partial charge < -0.3 is 0 Å². The second-order valence-corrected chi connectivity index (χ2v) is 5.21. The first-order valence-electron chi connectivity index (χ1n) is 5.43. The molecule has 0 aliphatic rings. The largest absolute Gasteiger partial charge is 0.271 e. The van der Waals surface area contributed by atoms with Gasteiger partial charge in [-0.1, -0.05) is 39.0 Å². The van der Waals surface area contributed by atoms with Crippen LogP contribution in [0.4, 0.5) is 0 Å². The standard InChI is InChI=1S/C13H22N2/c1-9-8-11(13(3,4)5)6-7-12(9)10(2)15-14/h6-8,10,15H,14H2,1-5H3. The third-order valence-corrected chi connectivity index (χ3v) is 2.85. The molecule has 1 aromatic carbocycles. The number of nitrogens with one attached hydrogen (secondary N) is 1. The Morgan fingerprint density at radius 1 is 1.27 bits per heavy atom. The first-order valence-corrected chi connectivity index (χ1v) is 5.43. The lowest BCUT2D eigenvalue weighted by Gasteiger charge is -2.22. The number of hydrogen-bond donors (Lipinski definition) is 2. The molecule has 0 aromatic heterocycles. The van der Waals surface area contributed by atoms with Crippen LogP contribution in [-0.2, 0) is 5.41 Å². The summed E-state index contributed by atoms with van der Waals surface area (Å²) in [6.07, 6.45) is 0. The van der Waals surface area contributed by atoms with Gasteiger partial charge in [-0.3, -0.25) is 11.3 Å². The van der Waals surface area contributed by atoms with E-state index in [-0.39, 0.29) is 11.5 Å². The molecule has 3 N–H and O–H groups in total. The molecule has 0 aliphatic carbocycles. The quantitative estimate of drug-likeness (QED) is 0.577. The van der Waals surface area contributed by atoms with Gasteiger partial charge in [0.2, 0.25) is 0 Å². The van der Waals surface area contributed by atoms with Gasteiger partial charge in [-0.2, -0.15) is 0 Å². The topological polar surface area (TPSA) is 38.0 Å². The average Bonchev–Trinajstić information content (AvgIpc) is 2.15. The Morgan fingerprint density at radius 3 is 2.27 bits per heavy atom. The molecule has 2 heteroatoms. The molecular formula is C13H22N2. The lowest BCUT2D eigenvalue weighted by Crippen LogP contribution is -2.26. The predicted octanol–water partition coefficient (Wildman–Crippen LogP) is 2.82.